The Morgan fingerprint density at radius 1 is 1.26 bits per heavy atom. The summed E-state index contributed by atoms with van der Waals surface area (Å²) in [4.78, 5) is 12.1. The molecule has 2 heterocycles. The molecule has 6 nitrogen and oxygen atoms in total. The standard InChI is InChI=1S/C14H14Cl2N4O2S/c15-9-2-1-3-10(16)12(9)13-11(8-23-19-13)17-14(21)18-20-4-6-22-7-5-20/h1-3,8H,4-7H2,(H2,17,18,21). The van der Waals surface area contributed by atoms with Gasteiger partial charge in [0.15, 0.2) is 0 Å². The van der Waals surface area contributed by atoms with E-state index in [1.165, 1.54) is 11.5 Å². The van der Waals surface area contributed by atoms with Gasteiger partial charge in [-0.3, -0.25) is 5.43 Å². The maximum atomic E-state index is 12.1. The molecule has 0 unspecified atom stereocenters. The summed E-state index contributed by atoms with van der Waals surface area (Å²) in [5.74, 6) is 0. The monoisotopic (exact) mass is 372 g/mol. The third-order valence-corrected chi connectivity index (χ3v) is 4.55. The highest BCUT2D eigenvalue weighted by molar-refractivity contribution is 7.04. The van der Waals surface area contributed by atoms with Crippen molar-refractivity contribution in [2.45, 2.75) is 0 Å². The molecule has 2 N–H and O–H groups in total. The summed E-state index contributed by atoms with van der Waals surface area (Å²) in [6.07, 6.45) is 0. The number of aromatic nitrogens is 1. The van der Waals surface area contributed by atoms with Gasteiger partial charge >= 0.3 is 6.03 Å². The number of hydrogen-bond donors (Lipinski definition) is 2. The van der Waals surface area contributed by atoms with Gasteiger partial charge in [-0.15, -0.1) is 0 Å². The van der Waals surface area contributed by atoms with Crippen molar-refractivity contribution >= 4 is 46.5 Å². The number of carbonyl (C=O) groups excluding carboxylic acids is 1. The molecule has 1 aliphatic rings. The number of rotatable bonds is 3. The van der Waals surface area contributed by atoms with Crippen LogP contribution in [0.4, 0.5) is 10.5 Å². The molecule has 1 saturated heterocycles. The minimum atomic E-state index is -0.337. The van der Waals surface area contributed by atoms with E-state index in [0.717, 1.165) is 0 Å². The van der Waals surface area contributed by atoms with E-state index < -0.39 is 0 Å². The summed E-state index contributed by atoms with van der Waals surface area (Å²) >= 11 is 13.7. The number of halogens is 2. The van der Waals surface area contributed by atoms with Crippen LogP contribution in [-0.4, -0.2) is 41.7 Å². The first kappa shape index (κ1) is 16.5. The fourth-order valence-corrected chi connectivity index (χ4v) is 3.40. The molecule has 1 fully saturated rings. The average molecular weight is 373 g/mol. The molecule has 1 aromatic heterocycles. The lowest BCUT2D eigenvalue weighted by Gasteiger charge is -2.26. The summed E-state index contributed by atoms with van der Waals surface area (Å²) in [6, 6.07) is 4.90. The number of anilines is 1. The number of benzene rings is 1. The smallest absolute Gasteiger partial charge is 0.333 e. The van der Waals surface area contributed by atoms with Gasteiger partial charge in [0.25, 0.3) is 0 Å². The second kappa shape index (κ2) is 7.46. The number of nitrogens with one attached hydrogen (secondary N) is 2. The van der Waals surface area contributed by atoms with Crippen LogP contribution in [0.2, 0.25) is 10.0 Å². The van der Waals surface area contributed by atoms with E-state index in [2.05, 4.69) is 15.1 Å². The van der Waals surface area contributed by atoms with Crippen LogP contribution in [-0.2, 0) is 4.74 Å². The highest BCUT2D eigenvalue weighted by Gasteiger charge is 2.18. The number of nitrogens with zero attached hydrogens (tertiary/aromatic N) is 2. The molecule has 23 heavy (non-hydrogen) atoms. The predicted octanol–water partition coefficient (Wildman–Crippen LogP) is 3.49. The number of ether oxygens (including phenoxy) is 1. The van der Waals surface area contributed by atoms with E-state index in [4.69, 9.17) is 27.9 Å². The Labute approximate surface area is 147 Å². The third-order valence-electron chi connectivity index (χ3n) is 3.29. The van der Waals surface area contributed by atoms with Gasteiger partial charge in [-0.1, -0.05) is 29.3 Å². The minimum Gasteiger partial charge on any atom is -0.379 e. The van der Waals surface area contributed by atoms with Crippen molar-refractivity contribution in [1.29, 1.82) is 0 Å². The summed E-state index contributed by atoms with van der Waals surface area (Å²) in [7, 11) is 0. The molecular formula is C14H14Cl2N4O2S. The van der Waals surface area contributed by atoms with Gasteiger partial charge in [0, 0.05) is 24.0 Å². The van der Waals surface area contributed by atoms with Crippen LogP contribution >= 0.6 is 34.7 Å². The second-order valence-corrected chi connectivity index (χ2v) is 6.28. The van der Waals surface area contributed by atoms with E-state index >= 15 is 0 Å². The Bertz CT molecular complexity index is 684. The molecule has 0 saturated carbocycles. The van der Waals surface area contributed by atoms with Crippen molar-refractivity contribution in [3.63, 3.8) is 0 Å². The van der Waals surface area contributed by atoms with Crippen LogP contribution in [0.1, 0.15) is 0 Å². The predicted molar refractivity (Wildman–Crippen MR) is 92.1 cm³/mol. The Kier molecular flexibility index (Phi) is 5.34. The molecule has 0 radical (unpaired) electrons. The maximum absolute atomic E-state index is 12.1. The van der Waals surface area contributed by atoms with Gasteiger partial charge in [0.2, 0.25) is 0 Å². The Morgan fingerprint density at radius 2 is 1.96 bits per heavy atom. The minimum absolute atomic E-state index is 0.337. The number of morpholine rings is 1. The maximum Gasteiger partial charge on any atom is 0.333 e. The van der Waals surface area contributed by atoms with Crippen LogP contribution in [0.15, 0.2) is 23.6 Å². The first-order valence-corrected chi connectivity index (χ1v) is 8.53. The van der Waals surface area contributed by atoms with Crippen LogP contribution in [0.3, 0.4) is 0 Å². The van der Waals surface area contributed by atoms with Gasteiger partial charge in [-0.25, -0.2) is 9.80 Å². The Morgan fingerprint density at radius 3 is 2.65 bits per heavy atom. The van der Waals surface area contributed by atoms with Crippen molar-refractivity contribution in [3.05, 3.63) is 33.6 Å². The van der Waals surface area contributed by atoms with Crippen molar-refractivity contribution in [2.24, 2.45) is 0 Å². The lowest BCUT2D eigenvalue weighted by Crippen LogP contribution is -2.49. The molecule has 0 spiro atoms. The molecule has 0 bridgehead atoms. The first-order chi connectivity index (χ1) is 11.1. The van der Waals surface area contributed by atoms with Crippen molar-refractivity contribution in [3.8, 4) is 11.3 Å². The summed E-state index contributed by atoms with van der Waals surface area (Å²) in [5.41, 5.74) is 4.51. The highest BCUT2D eigenvalue weighted by atomic mass is 35.5. The number of hydrazine groups is 1. The molecule has 9 heteroatoms. The molecule has 3 rings (SSSR count). The molecule has 1 aromatic carbocycles. The van der Waals surface area contributed by atoms with Gasteiger partial charge in [0.1, 0.15) is 5.69 Å². The fourth-order valence-electron chi connectivity index (χ4n) is 2.20. The molecule has 122 valence electrons. The zero-order valence-electron chi connectivity index (χ0n) is 12.0. The van der Waals surface area contributed by atoms with Crippen LogP contribution in [0.5, 0.6) is 0 Å². The molecular weight excluding hydrogens is 359 g/mol. The second-order valence-electron chi connectivity index (χ2n) is 4.84. The molecule has 0 aliphatic carbocycles. The van der Waals surface area contributed by atoms with E-state index in [1.54, 1.807) is 28.6 Å². The molecule has 1 aliphatic heterocycles. The van der Waals surface area contributed by atoms with Crippen LogP contribution < -0.4 is 10.7 Å². The van der Waals surface area contributed by atoms with E-state index in [0.29, 0.717) is 53.3 Å². The van der Waals surface area contributed by atoms with Crippen LogP contribution in [0.25, 0.3) is 11.3 Å². The van der Waals surface area contributed by atoms with E-state index in [1.807, 2.05) is 0 Å². The van der Waals surface area contributed by atoms with Crippen molar-refractivity contribution < 1.29 is 9.53 Å². The number of amides is 2. The van der Waals surface area contributed by atoms with E-state index in [-0.39, 0.29) is 6.03 Å². The SMILES string of the molecule is O=C(Nc1csnc1-c1c(Cl)cccc1Cl)NN1CCOCC1. The summed E-state index contributed by atoms with van der Waals surface area (Å²) in [5, 5.41) is 7.31. The Hall–Kier alpha value is -1.38. The number of hydrogen-bond acceptors (Lipinski definition) is 5. The first-order valence-electron chi connectivity index (χ1n) is 6.94. The zero-order chi connectivity index (χ0) is 16.2. The quantitative estimate of drug-likeness (QED) is 0.865. The van der Waals surface area contributed by atoms with Gasteiger partial charge in [-0.2, -0.15) is 4.37 Å². The molecule has 2 amide bonds. The largest absolute Gasteiger partial charge is 0.379 e. The summed E-state index contributed by atoms with van der Waals surface area (Å²) in [6.45, 7) is 2.50. The van der Waals surface area contributed by atoms with E-state index in [9.17, 15) is 4.79 Å². The van der Waals surface area contributed by atoms with Crippen molar-refractivity contribution in [2.75, 3.05) is 31.6 Å². The lowest BCUT2D eigenvalue weighted by molar-refractivity contribution is 0.0207. The highest BCUT2D eigenvalue weighted by Crippen LogP contribution is 2.38. The van der Waals surface area contributed by atoms with Crippen LogP contribution in [0, 0.1) is 0 Å². The molecule has 2 aromatic rings. The topological polar surface area (TPSA) is 66.5 Å². The van der Waals surface area contributed by atoms with Gasteiger partial charge in [-0.05, 0) is 23.7 Å². The number of urea groups is 1. The Balaban J connectivity index is 1.75. The molecule has 0 atom stereocenters. The third kappa shape index (κ3) is 3.94. The average Bonchev–Trinajstić information content (AvgIpc) is 2.96. The zero-order valence-corrected chi connectivity index (χ0v) is 14.3. The van der Waals surface area contributed by atoms with Gasteiger partial charge < -0.3 is 10.1 Å². The summed E-state index contributed by atoms with van der Waals surface area (Å²) < 4.78 is 9.54. The number of carbonyl (C=O) groups is 1. The lowest BCUT2D eigenvalue weighted by atomic mass is 10.1. The van der Waals surface area contributed by atoms with Crippen molar-refractivity contribution in [1.82, 2.24) is 14.8 Å². The normalized spacial score (nSPS) is 15.4. The van der Waals surface area contributed by atoms with Gasteiger partial charge in [0.05, 0.1) is 28.9 Å². The fraction of sp³-hybridized carbons (Fsp3) is 0.286.